The van der Waals surface area contributed by atoms with Crippen molar-refractivity contribution in [3.05, 3.63) is 58.1 Å². The van der Waals surface area contributed by atoms with E-state index in [0.717, 1.165) is 21.1 Å². The van der Waals surface area contributed by atoms with Crippen LogP contribution < -0.4 is 0 Å². The van der Waals surface area contributed by atoms with Crippen LogP contribution in [0.1, 0.15) is 11.1 Å². The van der Waals surface area contributed by atoms with Gasteiger partial charge in [0.25, 0.3) is 0 Å². The highest BCUT2D eigenvalue weighted by Gasteiger charge is 2.08. The molecule has 3 rings (SSSR count). The first-order valence-corrected chi connectivity index (χ1v) is 7.01. The zero-order chi connectivity index (χ0) is 14.8. The number of aromatic nitrogens is 1. The third-order valence-electron chi connectivity index (χ3n) is 3.12. The molecule has 0 atom stereocenters. The summed E-state index contributed by atoms with van der Waals surface area (Å²) < 4.78 is 0.932. The Hall–Kier alpha value is -2.58. The van der Waals surface area contributed by atoms with Gasteiger partial charge in [0.15, 0.2) is 5.88 Å². The molecule has 0 radical (unpaired) electrons. The number of nitrogens with zero attached hydrogens (tertiary/aromatic N) is 2. The molecule has 0 aliphatic heterocycles. The molecule has 0 bridgehead atoms. The minimum atomic E-state index is 0.0838. The molecule has 4 nitrogen and oxygen atoms in total. The Morgan fingerprint density at radius 1 is 1.19 bits per heavy atom. The van der Waals surface area contributed by atoms with Crippen LogP contribution in [0.3, 0.4) is 0 Å². The molecule has 0 amide bonds. The SMILES string of the molecule is N#Cc1ccc(N=Cc2c(O)[nH]c3ccc(Br)cc23)cc1. The highest BCUT2D eigenvalue weighted by molar-refractivity contribution is 9.10. The first-order valence-electron chi connectivity index (χ1n) is 6.22. The van der Waals surface area contributed by atoms with Crippen molar-refractivity contribution in [2.24, 2.45) is 4.99 Å². The summed E-state index contributed by atoms with van der Waals surface area (Å²) in [4.78, 5) is 7.24. The molecule has 0 spiro atoms. The van der Waals surface area contributed by atoms with Crippen molar-refractivity contribution in [1.29, 1.82) is 5.26 Å². The first kappa shape index (κ1) is 13.4. The number of hydrogen-bond acceptors (Lipinski definition) is 3. The van der Waals surface area contributed by atoms with Crippen LogP contribution in [-0.4, -0.2) is 16.3 Å². The first-order chi connectivity index (χ1) is 10.2. The highest BCUT2D eigenvalue weighted by Crippen LogP contribution is 2.28. The predicted molar refractivity (Wildman–Crippen MR) is 86.1 cm³/mol. The number of hydrogen-bond donors (Lipinski definition) is 2. The van der Waals surface area contributed by atoms with E-state index in [0.29, 0.717) is 11.1 Å². The Morgan fingerprint density at radius 3 is 2.67 bits per heavy atom. The molecule has 2 N–H and O–H groups in total. The van der Waals surface area contributed by atoms with Gasteiger partial charge in [0.2, 0.25) is 0 Å². The minimum Gasteiger partial charge on any atom is -0.494 e. The Labute approximate surface area is 129 Å². The van der Waals surface area contributed by atoms with Gasteiger partial charge in [-0.15, -0.1) is 0 Å². The Morgan fingerprint density at radius 2 is 1.95 bits per heavy atom. The number of nitriles is 1. The molecule has 5 heteroatoms. The zero-order valence-electron chi connectivity index (χ0n) is 10.8. The lowest BCUT2D eigenvalue weighted by atomic mass is 10.2. The van der Waals surface area contributed by atoms with Crippen molar-refractivity contribution >= 4 is 38.7 Å². The fraction of sp³-hybridized carbons (Fsp3) is 0. The normalized spacial score (nSPS) is 11.0. The number of benzene rings is 2. The molecule has 3 aromatic rings. The van der Waals surface area contributed by atoms with E-state index in [1.807, 2.05) is 18.2 Å². The summed E-state index contributed by atoms with van der Waals surface area (Å²) in [7, 11) is 0. The van der Waals surface area contributed by atoms with Crippen molar-refractivity contribution in [2.75, 3.05) is 0 Å². The fourth-order valence-electron chi connectivity index (χ4n) is 2.06. The number of nitrogens with one attached hydrogen (secondary N) is 1. The molecule has 0 unspecified atom stereocenters. The number of H-pyrrole nitrogens is 1. The molecule has 2 aromatic carbocycles. The van der Waals surface area contributed by atoms with Crippen LogP contribution in [0, 0.1) is 11.3 Å². The van der Waals surface area contributed by atoms with Crippen molar-refractivity contribution in [3.63, 3.8) is 0 Å². The largest absolute Gasteiger partial charge is 0.494 e. The van der Waals surface area contributed by atoms with Gasteiger partial charge in [-0.1, -0.05) is 15.9 Å². The fourth-order valence-corrected chi connectivity index (χ4v) is 2.42. The third kappa shape index (κ3) is 2.67. The molecule has 0 saturated carbocycles. The maximum Gasteiger partial charge on any atom is 0.198 e. The molecule has 102 valence electrons. The summed E-state index contributed by atoms with van der Waals surface area (Å²) in [6.45, 7) is 0. The number of rotatable bonds is 2. The minimum absolute atomic E-state index is 0.0838. The second-order valence-corrected chi connectivity index (χ2v) is 5.41. The topological polar surface area (TPSA) is 72.2 Å². The van der Waals surface area contributed by atoms with Crippen LogP contribution in [0.15, 0.2) is 51.9 Å². The quantitative estimate of drug-likeness (QED) is 0.684. The standard InChI is InChI=1S/C16H10BrN3O/c17-11-3-6-15-13(7-11)14(16(21)20-15)9-19-12-4-1-10(8-18)2-5-12/h1-7,9,20-21H. The van der Waals surface area contributed by atoms with Gasteiger partial charge in [0.1, 0.15) is 0 Å². The van der Waals surface area contributed by atoms with Gasteiger partial charge in [-0.3, -0.25) is 4.99 Å². The van der Waals surface area contributed by atoms with Gasteiger partial charge < -0.3 is 10.1 Å². The summed E-state index contributed by atoms with van der Waals surface area (Å²) in [6.07, 6.45) is 1.61. The summed E-state index contributed by atoms with van der Waals surface area (Å²) in [5.74, 6) is 0.0838. The molecule has 0 fully saturated rings. The van der Waals surface area contributed by atoms with Crippen LogP contribution in [0.25, 0.3) is 10.9 Å². The van der Waals surface area contributed by atoms with E-state index in [-0.39, 0.29) is 5.88 Å². The van der Waals surface area contributed by atoms with Gasteiger partial charge in [-0.05, 0) is 42.5 Å². The van der Waals surface area contributed by atoms with E-state index in [4.69, 9.17) is 5.26 Å². The van der Waals surface area contributed by atoms with Crippen molar-refractivity contribution in [2.45, 2.75) is 0 Å². The third-order valence-corrected chi connectivity index (χ3v) is 3.61. The van der Waals surface area contributed by atoms with Crippen molar-refractivity contribution < 1.29 is 5.11 Å². The van der Waals surface area contributed by atoms with Crippen LogP contribution in [0.2, 0.25) is 0 Å². The van der Waals surface area contributed by atoms with E-state index in [1.54, 1.807) is 30.5 Å². The zero-order valence-corrected chi connectivity index (χ0v) is 12.4. The molecule has 21 heavy (non-hydrogen) atoms. The molecule has 0 aliphatic carbocycles. The Kier molecular flexibility index (Phi) is 3.46. The summed E-state index contributed by atoms with van der Waals surface area (Å²) in [5, 5.41) is 19.6. The molecule has 1 aromatic heterocycles. The lowest BCUT2D eigenvalue weighted by molar-refractivity contribution is 0.457. The number of aromatic hydroxyl groups is 1. The van der Waals surface area contributed by atoms with E-state index in [9.17, 15) is 5.11 Å². The highest BCUT2D eigenvalue weighted by atomic mass is 79.9. The predicted octanol–water partition coefficient (Wildman–Crippen LogP) is 4.26. The summed E-state index contributed by atoms with van der Waals surface area (Å²) >= 11 is 3.42. The molecule has 0 saturated heterocycles. The smallest absolute Gasteiger partial charge is 0.198 e. The molecular weight excluding hydrogens is 330 g/mol. The average molecular weight is 340 g/mol. The van der Waals surface area contributed by atoms with E-state index < -0.39 is 0 Å². The van der Waals surface area contributed by atoms with Crippen molar-refractivity contribution in [1.82, 2.24) is 4.98 Å². The van der Waals surface area contributed by atoms with E-state index >= 15 is 0 Å². The van der Waals surface area contributed by atoms with Crippen LogP contribution in [0.5, 0.6) is 5.88 Å². The molecular formula is C16H10BrN3O. The van der Waals surface area contributed by atoms with Gasteiger partial charge in [-0.25, -0.2) is 0 Å². The average Bonchev–Trinajstić information content (AvgIpc) is 2.80. The van der Waals surface area contributed by atoms with Crippen molar-refractivity contribution in [3.8, 4) is 11.9 Å². The Bertz CT molecular complexity index is 873. The number of fused-ring (bicyclic) bond motifs is 1. The lowest BCUT2D eigenvalue weighted by Gasteiger charge is -1.95. The maximum atomic E-state index is 9.98. The second kappa shape index (κ2) is 5.43. The number of halogens is 1. The maximum absolute atomic E-state index is 9.98. The van der Waals surface area contributed by atoms with Crippen LogP contribution in [0.4, 0.5) is 5.69 Å². The molecule has 1 heterocycles. The second-order valence-electron chi connectivity index (χ2n) is 4.49. The molecule has 0 aliphatic rings. The summed E-state index contributed by atoms with van der Waals surface area (Å²) in [6, 6.07) is 14.7. The Balaban J connectivity index is 2.00. The van der Waals surface area contributed by atoms with E-state index in [2.05, 4.69) is 32.0 Å². The van der Waals surface area contributed by atoms with Gasteiger partial charge in [-0.2, -0.15) is 5.26 Å². The number of aliphatic imine (C=N–C) groups is 1. The van der Waals surface area contributed by atoms with Gasteiger partial charge >= 0.3 is 0 Å². The monoisotopic (exact) mass is 339 g/mol. The van der Waals surface area contributed by atoms with Crippen LogP contribution in [-0.2, 0) is 0 Å². The van der Waals surface area contributed by atoms with E-state index in [1.165, 1.54) is 0 Å². The van der Waals surface area contributed by atoms with Gasteiger partial charge in [0.05, 0.1) is 22.9 Å². The van der Waals surface area contributed by atoms with Gasteiger partial charge in [0, 0.05) is 21.6 Å². The summed E-state index contributed by atoms with van der Waals surface area (Å²) in [5.41, 5.74) is 2.79. The number of aromatic amines is 1. The van der Waals surface area contributed by atoms with Crippen LogP contribution >= 0.6 is 15.9 Å². The lowest BCUT2D eigenvalue weighted by Crippen LogP contribution is -1.79.